The standard InChI is InChI=1S/C11H22N4O2Si/c1-7-17-10(16)8-9-12-13-14-15(9)18(5,6)11(2,3)4/h7-8H2,1-6H3. The summed E-state index contributed by atoms with van der Waals surface area (Å²) in [5.74, 6) is 0.312. The van der Waals surface area contributed by atoms with E-state index in [0.29, 0.717) is 12.4 Å². The Labute approximate surface area is 109 Å². The summed E-state index contributed by atoms with van der Waals surface area (Å²) in [6.45, 7) is 13.1. The monoisotopic (exact) mass is 270 g/mol. The lowest BCUT2D eigenvalue weighted by Crippen LogP contribution is -2.47. The minimum absolute atomic E-state index is 0.103. The molecule has 0 amide bonds. The third kappa shape index (κ3) is 2.95. The molecule has 0 aliphatic carbocycles. The number of nitrogens with zero attached hydrogens (tertiary/aromatic N) is 4. The number of hydrogen-bond acceptors (Lipinski definition) is 5. The van der Waals surface area contributed by atoms with E-state index in [1.807, 2.05) is 4.35 Å². The second-order valence-electron chi connectivity index (χ2n) is 5.80. The summed E-state index contributed by atoms with van der Waals surface area (Å²) in [4.78, 5) is 11.5. The van der Waals surface area contributed by atoms with Crippen LogP contribution in [0, 0.1) is 0 Å². The molecule has 1 aromatic heterocycles. The zero-order valence-electron chi connectivity index (χ0n) is 12.0. The SMILES string of the molecule is CCOC(=O)Cc1nnnn1[Si](C)(C)C(C)(C)C. The highest BCUT2D eigenvalue weighted by atomic mass is 28.3. The number of hydrogen-bond donors (Lipinski definition) is 0. The van der Waals surface area contributed by atoms with Gasteiger partial charge >= 0.3 is 5.97 Å². The van der Waals surface area contributed by atoms with Gasteiger partial charge in [0, 0.05) is 0 Å². The van der Waals surface area contributed by atoms with Crippen LogP contribution in [-0.4, -0.2) is 40.7 Å². The van der Waals surface area contributed by atoms with Crippen LogP contribution in [0.15, 0.2) is 0 Å². The maximum absolute atomic E-state index is 11.5. The zero-order valence-corrected chi connectivity index (χ0v) is 13.0. The smallest absolute Gasteiger partial charge is 0.313 e. The van der Waals surface area contributed by atoms with Crippen LogP contribution < -0.4 is 0 Å². The van der Waals surface area contributed by atoms with E-state index in [4.69, 9.17) is 4.74 Å². The molecule has 6 nitrogen and oxygen atoms in total. The second-order valence-corrected chi connectivity index (χ2v) is 10.8. The molecule has 0 saturated heterocycles. The van der Waals surface area contributed by atoms with Gasteiger partial charge in [0.25, 0.3) is 0 Å². The molecule has 18 heavy (non-hydrogen) atoms. The van der Waals surface area contributed by atoms with Crippen molar-refractivity contribution in [3.05, 3.63) is 5.82 Å². The number of rotatable bonds is 4. The molecular formula is C11H22N4O2Si. The number of tetrazole rings is 1. The summed E-state index contributed by atoms with van der Waals surface area (Å²) in [6.07, 6.45) is 0.132. The predicted molar refractivity (Wildman–Crippen MR) is 70.7 cm³/mol. The highest BCUT2D eigenvalue weighted by Crippen LogP contribution is 2.36. The normalized spacial score (nSPS) is 12.6. The van der Waals surface area contributed by atoms with Gasteiger partial charge in [-0.2, -0.15) is 0 Å². The van der Waals surface area contributed by atoms with Crippen LogP contribution in [-0.2, 0) is 16.0 Å². The van der Waals surface area contributed by atoms with Crippen LogP contribution in [0.25, 0.3) is 0 Å². The first-order valence-electron chi connectivity index (χ1n) is 6.13. The van der Waals surface area contributed by atoms with Crippen molar-refractivity contribution in [1.82, 2.24) is 19.9 Å². The molecule has 0 N–H and O–H groups in total. The maximum atomic E-state index is 11.5. The van der Waals surface area contributed by atoms with E-state index < -0.39 is 8.24 Å². The molecule has 7 heteroatoms. The van der Waals surface area contributed by atoms with Gasteiger partial charge in [0.1, 0.15) is 6.42 Å². The molecule has 0 bridgehead atoms. The van der Waals surface area contributed by atoms with Gasteiger partial charge in [-0.15, -0.1) is 5.10 Å². The van der Waals surface area contributed by atoms with E-state index in [-0.39, 0.29) is 17.4 Å². The number of ether oxygens (including phenoxy) is 1. The summed E-state index contributed by atoms with van der Waals surface area (Å²) in [5, 5.41) is 11.8. The molecule has 0 unspecified atom stereocenters. The van der Waals surface area contributed by atoms with Crippen molar-refractivity contribution in [3.8, 4) is 0 Å². The summed E-state index contributed by atoms with van der Waals surface area (Å²) in [7, 11) is -1.89. The highest BCUT2D eigenvalue weighted by molar-refractivity contribution is 6.78. The molecule has 0 aliphatic heterocycles. The largest absolute Gasteiger partial charge is 0.466 e. The fourth-order valence-electron chi connectivity index (χ4n) is 1.41. The van der Waals surface area contributed by atoms with Crippen molar-refractivity contribution in [3.63, 3.8) is 0 Å². The zero-order chi connectivity index (χ0) is 14.0. The lowest BCUT2D eigenvalue weighted by Gasteiger charge is -2.36. The first kappa shape index (κ1) is 14.8. The number of esters is 1. The fraction of sp³-hybridized carbons (Fsp3) is 0.818. The van der Waals surface area contributed by atoms with Crippen molar-refractivity contribution in [1.29, 1.82) is 0 Å². The molecule has 0 atom stereocenters. The number of carbonyl (C=O) groups is 1. The van der Waals surface area contributed by atoms with Crippen molar-refractivity contribution in [2.75, 3.05) is 6.61 Å². The Kier molecular flexibility index (Phi) is 4.26. The molecule has 0 fully saturated rings. The Morgan fingerprint density at radius 3 is 2.50 bits per heavy atom. The van der Waals surface area contributed by atoms with E-state index in [2.05, 4.69) is 49.4 Å². The van der Waals surface area contributed by atoms with Crippen LogP contribution in [0.2, 0.25) is 18.1 Å². The van der Waals surface area contributed by atoms with Gasteiger partial charge in [-0.1, -0.05) is 26.0 Å². The summed E-state index contributed by atoms with van der Waals surface area (Å²) >= 11 is 0. The van der Waals surface area contributed by atoms with E-state index >= 15 is 0 Å². The summed E-state index contributed by atoms with van der Waals surface area (Å²) < 4.78 is 6.79. The molecule has 0 aliphatic rings. The molecule has 0 radical (unpaired) electrons. The number of carbonyl (C=O) groups excluding carboxylic acids is 1. The van der Waals surface area contributed by atoms with Gasteiger partial charge < -0.3 is 4.74 Å². The van der Waals surface area contributed by atoms with Crippen molar-refractivity contribution >= 4 is 14.2 Å². The van der Waals surface area contributed by atoms with E-state index in [1.165, 1.54) is 0 Å². The van der Waals surface area contributed by atoms with E-state index in [0.717, 1.165) is 0 Å². The van der Waals surface area contributed by atoms with E-state index in [9.17, 15) is 4.79 Å². The average molecular weight is 270 g/mol. The maximum Gasteiger partial charge on any atom is 0.313 e. The summed E-state index contributed by atoms with van der Waals surface area (Å²) in [5.41, 5.74) is 0. The Hall–Kier alpha value is -1.24. The minimum atomic E-state index is -1.89. The Balaban J connectivity index is 2.99. The lowest BCUT2D eigenvalue weighted by molar-refractivity contribution is -0.142. The van der Waals surface area contributed by atoms with Gasteiger partial charge in [-0.05, 0) is 30.3 Å². The van der Waals surface area contributed by atoms with Gasteiger partial charge in [0.2, 0.25) is 0 Å². The van der Waals surface area contributed by atoms with Crippen LogP contribution in [0.4, 0.5) is 0 Å². The third-order valence-corrected chi connectivity index (χ3v) is 8.58. The highest BCUT2D eigenvalue weighted by Gasteiger charge is 2.40. The third-order valence-electron chi connectivity index (χ3n) is 3.51. The fourth-order valence-corrected chi connectivity index (χ4v) is 3.08. The Bertz CT molecular complexity index is 423. The molecule has 0 aromatic carbocycles. The van der Waals surface area contributed by atoms with Crippen molar-refractivity contribution in [2.45, 2.75) is 52.2 Å². The number of aromatic nitrogens is 4. The van der Waals surface area contributed by atoms with Gasteiger partial charge in [0.15, 0.2) is 14.1 Å². The minimum Gasteiger partial charge on any atom is -0.466 e. The van der Waals surface area contributed by atoms with Crippen molar-refractivity contribution in [2.24, 2.45) is 0 Å². The predicted octanol–water partition coefficient (Wildman–Crippen LogP) is 1.63. The van der Waals surface area contributed by atoms with Crippen LogP contribution in [0.3, 0.4) is 0 Å². The second kappa shape index (κ2) is 5.17. The quantitative estimate of drug-likeness (QED) is 0.614. The van der Waals surface area contributed by atoms with Crippen LogP contribution in [0.5, 0.6) is 0 Å². The topological polar surface area (TPSA) is 69.9 Å². The van der Waals surface area contributed by atoms with Gasteiger partial charge in [0.05, 0.1) is 6.61 Å². The van der Waals surface area contributed by atoms with Crippen molar-refractivity contribution < 1.29 is 9.53 Å². The molecule has 0 spiro atoms. The molecule has 1 heterocycles. The molecule has 0 saturated carbocycles. The molecular weight excluding hydrogens is 248 g/mol. The summed E-state index contributed by atoms with van der Waals surface area (Å²) in [6, 6.07) is 0. The first-order valence-corrected chi connectivity index (χ1v) is 9.08. The lowest BCUT2D eigenvalue weighted by atomic mass is 10.2. The Morgan fingerprint density at radius 1 is 1.39 bits per heavy atom. The molecule has 1 aromatic rings. The van der Waals surface area contributed by atoms with Crippen LogP contribution in [0.1, 0.15) is 33.5 Å². The Morgan fingerprint density at radius 2 is 2.00 bits per heavy atom. The van der Waals surface area contributed by atoms with Crippen LogP contribution >= 0.6 is 0 Å². The van der Waals surface area contributed by atoms with Gasteiger partial charge in [-0.25, -0.2) is 0 Å². The first-order chi connectivity index (χ1) is 8.20. The molecule has 1 rings (SSSR count). The average Bonchev–Trinajstić information content (AvgIpc) is 2.64. The molecule has 102 valence electrons. The van der Waals surface area contributed by atoms with Gasteiger partial charge in [-0.3, -0.25) is 9.14 Å². The van der Waals surface area contributed by atoms with E-state index in [1.54, 1.807) is 6.92 Å².